The van der Waals surface area contributed by atoms with Gasteiger partial charge in [0.1, 0.15) is 6.61 Å². The second-order valence-corrected chi connectivity index (χ2v) is 5.11. The Morgan fingerprint density at radius 2 is 2.11 bits per heavy atom. The molecule has 0 spiro atoms. The van der Waals surface area contributed by atoms with E-state index in [2.05, 4.69) is 29.2 Å². The van der Waals surface area contributed by atoms with E-state index in [0.717, 1.165) is 19.6 Å². The number of hydrogen-bond acceptors (Lipinski definition) is 3. The lowest BCUT2D eigenvalue weighted by Gasteiger charge is -2.47. The number of aliphatic carboxylic acids is 1. The van der Waals surface area contributed by atoms with E-state index < -0.39 is 5.97 Å². The maximum absolute atomic E-state index is 10.4. The van der Waals surface area contributed by atoms with E-state index in [-0.39, 0.29) is 12.2 Å². The van der Waals surface area contributed by atoms with Crippen LogP contribution in [0, 0.1) is 0 Å². The number of nitrogens with zero attached hydrogens (tertiary/aromatic N) is 1. The van der Waals surface area contributed by atoms with Gasteiger partial charge in [0, 0.05) is 19.6 Å². The molecule has 0 radical (unpaired) electrons. The molecule has 0 atom stereocenters. The van der Waals surface area contributed by atoms with Crippen molar-refractivity contribution >= 4 is 12.0 Å². The zero-order valence-electron chi connectivity index (χ0n) is 11.1. The van der Waals surface area contributed by atoms with Gasteiger partial charge in [-0.05, 0) is 12.5 Å². The van der Waals surface area contributed by atoms with Crippen LogP contribution >= 0.6 is 0 Å². The molecule has 1 heterocycles. The lowest BCUT2D eigenvalue weighted by molar-refractivity contribution is -0.163. The van der Waals surface area contributed by atoms with Crippen molar-refractivity contribution in [1.29, 1.82) is 0 Å². The number of carbonyl (C=O) groups is 1. The molecule has 0 saturated carbocycles. The van der Waals surface area contributed by atoms with Crippen LogP contribution in [0.3, 0.4) is 0 Å². The van der Waals surface area contributed by atoms with Gasteiger partial charge in [-0.15, -0.1) is 0 Å². The predicted octanol–water partition coefficient (Wildman–Crippen LogP) is 1.88. The summed E-state index contributed by atoms with van der Waals surface area (Å²) >= 11 is 0. The predicted molar refractivity (Wildman–Crippen MR) is 73.9 cm³/mol. The summed E-state index contributed by atoms with van der Waals surface area (Å²) in [6.07, 6.45) is 4.21. The first-order valence-corrected chi connectivity index (χ1v) is 6.37. The van der Waals surface area contributed by atoms with E-state index in [1.54, 1.807) is 0 Å². The molecule has 2 rings (SSSR count). The van der Waals surface area contributed by atoms with Crippen molar-refractivity contribution in [2.75, 3.05) is 26.2 Å². The third kappa shape index (κ3) is 4.19. The average molecular weight is 261 g/mol. The van der Waals surface area contributed by atoms with E-state index in [1.165, 1.54) is 5.56 Å². The first-order chi connectivity index (χ1) is 9.07. The Balaban J connectivity index is 1.70. The van der Waals surface area contributed by atoms with E-state index in [1.807, 2.05) is 25.1 Å². The minimum atomic E-state index is -0.913. The number of likely N-dealkylation sites (tertiary alicyclic amines) is 1. The van der Waals surface area contributed by atoms with Crippen LogP contribution < -0.4 is 0 Å². The molecule has 1 fully saturated rings. The maximum Gasteiger partial charge on any atom is 0.329 e. The Labute approximate surface area is 113 Å². The van der Waals surface area contributed by atoms with Crippen molar-refractivity contribution < 1.29 is 14.6 Å². The molecule has 0 unspecified atom stereocenters. The number of ether oxygens (including phenoxy) is 1. The molecular formula is C15H19NO3. The van der Waals surface area contributed by atoms with Gasteiger partial charge < -0.3 is 9.84 Å². The van der Waals surface area contributed by atoms with Gasteiger partial charge in [-0.25, -0.2) is 4.79 Å². The molecule has 0 amide bonds. The Morgan fingerprint density at radius 3 is 2.74 bits per heavy atom. The Morgan fingerprint density at radius 1 is 1.42 bits per heavy atom. The molecule has 4 nitrogen and oxygen atoms in total. The van der Waals surface area contributed by atoms with Crippen LogP contribution in [0.2, 0.25) is 0 Å². The quantitative estimate of drug-likeness (QED) is 0.849. The van der Waals surface area contributed by atoms with E-state index in [0.29, 0.717) is 0 Å². The maximum atomic E-state index is 10.4. The first kappa shape index (κ1) is 13.8. The van der Waals surface area contributed by atoms with Gasteiger partial charge in [0.2, 0.25) is 0 Å². The van der Waals surface area contributed by atoms with Crippen molar-refractivity contribution in [3.05, 3.63) is 42.0 Å². The standard InChI is InChI=1S/C15H19NO3/c1-15(19-10-14(17)18)11-16(12-15)9-5-8-13-6-3-2-4-7-13/h2-8H,9-12H2,1H3,(H,17,18)/b8-5+. The fourth-order valence-corrected chi connectivity index (χ4v) is 2.26. The number of carboxylic acids is 1. The fourth-order valence-electron chi connectivity index (χ4n) is 2.26. The van der Waals surface area contributed by atoms with Crippen molar-refractivity contribution in [2.24, 2.45) is 0 Å². The van der Waals surface area contributed by atoms with Crippen LogP contribution in [0.15, 0.2) is 36.4 Å². The number of benzene rings is 1. The average Bonchev–Trinajstić information content (AvgIpc) is 2.35. The Hall–Kier alpha value is -1.65. The third-order valence-electron chi connectivity index (χ3n) is 3.13. The van der Waals surface area contributed by atoms with Crippen molar-refractivity contribution in [3.63, 3.8) is 0 Å². The van der Waals surface area contributed by atoms with Gasteiger partial charge in [0.05, 0.1) is 5.60 Å². The highest BCUT2D eigenvalue weighted by molar-refractivity contribution is 5.68. The molecule has 0 bridgehead atoms. The molecule has 1 aliphatic heterocycles. The van der Waals surface area contributed by atoms with E-state index >= 15 is 0 Å². The summed E-state index contributed by atoms with van der Waals surface area (Å²) in [5, 5.41) is 8.58. The molecule has 4 heteroatoms. The van der Waals surface area contributed by atoms with Crippen LogP contribution in [0.1, 0.15) is 12.5 Å². The molecule has 1 aliphatic rings. The minimum absolute atomic E-state index is 0.218. The lowest BCUT2D eigenvalue weighted by atomic mass is 9.96. The number of hydrogen-bond donors (Lipinski definition) is 1. The second-order valence-electron chi connectivity index (χ2n) is 5.11. The molecule has 19 heavy (non-hydrogen) atoms. The van der Waals surface area contributed by atoms with Gasteiger partial charge in [-0.3, -0.25) is 4.90 Å². The summed E-state index contributed by atoms with van der Waals surface area (Å²) in [7, 11) is 0. The highest BCUT2D eigenvalue weighted by Gasteiger charge is 2.39. The lowest BCUT2D eigenvalue weighted by Crippen LogP contribution is -2.61. The molecule has 1 N–H and O–H groups in total. The van der Waals surface area contributed by atoms with Gasteiger partial charge in [0.25, 0.3) is 0 Å². The first-order valence-electron chi connectivity index (χ1n) is 6.37. The Kier molecular flexibility index (Phi) is 4.35. The van der Waals surface area contributed by atoms with Crippen LogP contribution in [0.25, 0.3) is 6.08 Å². The van der Waals surface area contributed by atoms with Crippen LogP contribution in [-0.4, -0.2) is 47.8 Å². The summed E-state index contributed by atoms with van der Waals surface area (Å²) < 4.78 is 5.36. The van der Waals surface area contributed by atoms with E-state index in [4.69, 9.17) is 9.84 Å². The van der Waals surface area contributed by atoms with Gasteiger partial charge in [-0.2, -0.15) is 0 Å². The monoisotopic (exact) mass is 261 g/mol. The number of rotatable bonds is 6. The molecule has 1 aromatic carbocycles. The SMILES string of the molecule is CC1(OCC(=O)O)CN(C/C=C/c2ccccc2)C1. The van der Waals surface area contributed by atoms with Gasteiger partial charge in [-0.1, -0.05) is 42.5 Å². The zero-order chi connectivity index (χ0) is 13.7. The second kappa shape index (κ2) is 5.99. The molecule has 102 valence electrons. The summed E-state index contributed by atoms with van der Waals surface area (Å²) in [6.45, 7) is 4.15. The van der Waals surface area contributed by atoms with Gasteiger partial charge >= 0.3 is 5.97 Å². The largest absolute Gasteiger partial charge is 0.480 e. The molecular weight excluding hydrogens is 242 g/mol. The minimum Gasteiger partial charge on any atom is -0.480 e. The normalized spacial score (nSPS) is 18.4. The van der Waals surface area contributed by atoms with Crippen LogP contribution in [0.4, 0.5) is 0 Å². The van der Waals surface area contributed by atoms with E-state index in [9.17, 15) is 4.79 Å². The topological polar surface area (TPSA) is 49.8 Å². The smallest absolute Gasteiger partial charge is 0.329 e. The van der Waals surface area contributed by atoms with Crippen molar-refractivity contribution in [1.82, 2.24) is 4.90 Å². The molecule has 1 saturated heterocycles. The zero-order valence-corrected chi connectivity index (χ0v) is 11.1. The van der Waals surface area contributed by atoms with Crippen molar-refractivity contribution in [3.8, 4) is 0 Å². The highest BCUT2D eigenvalue weighted by atomic mass is 16.5. The highest BCUT2D eigenvalue weighted by Crippen LogP contribution is 2.24. The van der Waals surface area contributed by atoms with Crippen LogP contribution in [-0.2, 0) is 9.53 Å². The van der Waals surface area contributed by atoms with Crippen LogP contribution in [0.5, 0.6) is 0 Å². The number of carboxylic acid groups (broad SMARTS) is 1. The molecule has 0 aliphatic carbocycles. The summed E-state index contributed by atoms with van der Waals surface area (Å²) in [5.74, 6) is -0.913. The molecule has 0 aromatic heterocycles. The fraction of sp³-hybridized carbons (Fsp3) is 0.400. The van der Waals surface area contributed by atoms with Crippen molar-refractivity contribution in [2.45, 2.75) is 12.5 Å². The summed E-state index contributed by atoms with van der Waals surface area (Å²) in [6, 6.07) is 10.2. The Bertz CT molecular complexity index is 450. The molecule has 1 aromatic rings. The third-order valence-corrected chi connectivity index (χ3v) is 3.13. The summed E-state index contributed by atoms with van der Waals surface area (Å²) in [4.78, 5) is 12.7. The van der Waals surface area contributed by atoms with Gasteiger partial charge in [0.15, 0.2) is 0 Å². The summed E-state index contributed by atoms with van der Waals surface area (Å²) in [5.41, 5.74) is 0.881.